The first kappa shape index (κ1) is 13.3. The summed E-state index contributed by atoms with van der Waals surface area (Å²) in [7, 11) is 0. The summed E-state index contributed by atoms with van der Waals surface area (Å²) in [6, 6.07) is 8.81. The number of anilines is 1. The van der Waals surface area contributed by atoms with Gasteiger partial charge in [-0.25, -0.2) is 0 Å². The molecule has 1 nitrogen and oxygen atoms in total. The smallest absolute Gasteiger partial charge is 0.0366 e. The predicted octanol–water partition coefficient (Wildman–Crippen LogP) is 4.91. The van der Waals surface area contributed by atoms with Gasteiger partial charge < -0.3 is 4.90 Å². The molecule has 2 rings (SSSR count). The van der Waals surface area contributed by atoms with E-state index in [1.807, 2.05) is 0 Å². The van der Waals surface area contributed by atoms with Crippen molar-refractivity contribution in [2.45, 2.75) is 26.7 Å². The average molecular weight is 259 g/mol. The van der Waals surface area contributed by atoms with Crippen LogP contribution in [0, 0.1) is 0 Å². The zero-order chi connectivity index (χ0) is 13.0. The van der Waals surface area contributed by atoms with Gasteiger partial charge in [-0.1, -0.05) is 36.5 Å². The van der Waals surface area contributed by atoms with E-state index in [4.69, 9.17) is 0 Å². The highest BCUT2D eigenvalue weighted by atomic mass is 32.2. The lowest BCUT2D eigenvalue weighted by Gasteiger charge is -2.18. The summed E-state index contributed by atoms with van der Waals surface area (Å²) >= 11 is 1.74. The molecule has 1 fully saturated rings. The topological polar surface area (TPSA) is 3.24 Å². The number of hydrogen-bond donors (Lipinski definition) is 0. The maximum atomic E-state index is 4.15. The average Bonchev–Trinajstić information content (AvgIpc) is 2.92. The maximum absolute atomic E-state index is 4.15. The Hall–Kier alpha value is -1.15. The van der Waals surface area contributed by atoms with Gasteiger partial charge in [-0.05, 0) is 49.3 Å². The maximum Gasteiger partial charge on any atom is 0.0366 e. The van der Waals surface area contributed by atoms with Gasteiger partial charge in [-0.3, -0.25) is 0 Å². The monoisotopic (exact) mass is 259 g/mol. The number of hydrogen-bond acceptors (Lipinski definition) is 2. The van der Waals surface area contributed by atoms with Crippen molar-refractivity contribution in [3.05, 3.63) is 47.4 Å². The molecule has 0 amide bonds. The van der Waals surface area contributed by atoms with Crippen LogP contribution in [-0.4, -0.2) is 13.1 Å². The number of benzene rings is 1. The van der Waals surface area contributed by atoms with Gasteiger partial charge in [0.05, 0.1) is 0 Å². The fourth-order valence-electron chi connectivity index (χ4n) is 2.15. The highest BCUT2D eigenvalue weighted by Gasteiger charge is 2.12. The number of rotatable bonds is 4. The standard InChI is InChI=1S/C16H21NS/c1-4-13(2)18-14(3)15-7-9-16(10-8-15)17-11-5-6-12-17/h4,7-10H,3,5-6,11-12H2,1-2H3/b13-4-. The molecule has 0 radical (unpaired) electrons. The third-order valence-corrected chi connectivity index (χ3v) is 4.39. The van der Waals surface area contributed by atoms with Crippen molar-refractivity contribution in [1.82, 2.24) is 0 Å². The number of thioether (sulfide) groups is 1. The molecule has 2 heteroatoms. The van der Waals surface area contributed by atoms with E-state index < -0.39 is 0 Å². The largest absolute Gasteiger partial charge is 0.372 e. The van der Waals surface area contributed by atoms with Crippen LogP contribution in [0.1, 0.15) is 32.3 Å². The molecule has 1 aliphatic heterocycles. The molecule has 18 heavy (non-hydrogen) atoms. The van der Waals surface area contributed by atoms with Crippen molar-refractivity contribution in [2.75, 3.05) is 18.0 Å². The first-order chi connectivity index (χ1) is 8.70. The molecule has 1 aromatic rings. The van der Waals surface area contributed by atoms with Crippen LogP contribution in [-0.2, 0) is 0 Å². The van der Waals surface area contributed by atoms with E-state index in [-0.39, 0.29) is 0 Å². The summed E-state index contributed by atoms with van der Waals surface area (Å²) in [6.07, 6.45) is 4.77. The minimum absolute atomic E-state index is 1.12. The predicted molar refractivity (Wildman–Crippen MR) is 83.9 cm³/mol. The first-order valence-electron chi connectivity index (χ1n) is 6.56. The third kappa shape index (κ3) is 3.20. The van der Waals surface area contributed by atoms with Gasteiger partial charge in [0.15, 0.2) is 0 Å². The molecule has 1 heterocycles. The molecule has 0 spiro atoms. The summed E-state index contributed by atoms with van der Waals surface area (Å²) in [5.74, 6) is 0. The van der Waals surface area contributed by atoms with Crippen LogP contribution in [0.5, 0.6) is 0 Å². The third-order valence-electron chi connectivity index (χ3n) is 3.35. The lowest BCUT2D eigenvalue weighted by molar-refractivity contribution is 0.949. The summed E-state index contributed by atoms with van der Waals surface area (Å²) in [6.45, 7) is 10.7. The Kier molecular flexibility index (Phi) is 4.54. The van der Waals surface area contributed by atoms with Crippen LogP contribution < -0.4 is 4.90 Å². The second-order valence-corrected chi connectivity index (χ2v) is 6.01. The Labute approximate surface area is 115 Å². The molecular formula is C16H21NS. The molecule has 0 N–H and O–H groups in total. The van der Waals surface area contributed by atoms with Gasteiger partial charge in [0, 0.05) is 23.7 Å². The molecule has 0 aromatic heterocycles. The summed E-state index contributed by atoms with van der Waals surface area (Å²) in [4.78, 5) is 4.87. The fraction of sp³-hybridized carbons (Fsp3) is 0.375. The van der Waals surface area contributed by atoms with Crippen LogP contribution in [0.2, 0.25) is 0 Å². The second-order valence-electron chi connectivity index (χ2n) is 4.67. The molecule has 0 unspecified atom stereocenters. The molecule has 0 bridgehead atoms. The Morgan fingerprint density at radius 1 is 1.22 bits per heavy atom. The van der Waals surface area contributed by atoms with E-state index in [0.717, 1.165) is 4.91 Å². The Morgan fingerprint density at radius 2 is 1.83 bits per heavy atom. The van der Waals surface area contributed by atoms with E-state index in [2.05, 4.69) is 55.7 Å². The molecule has 1 aliphatic rings. The molecule has 1 saturated heterocycles. The Balaban J connectivity index is 2.05. The molecule has 0 atom stereocenters. The SMILES string of the molecule is C=C(S/C(C)=C\C)c1ccc(N2CCCC2)cc1. The van der Waals surface area contributed by atoms with Crippen molar-refractivity contribution in [3.8, 4) is 0 Å². The quantitative estimate of drug-likeness (QED) is 0.755. The van der Waals surface area contributed by atoms with Crippen molar-refractivity contribution < 1.29 is 0 Å². The molecule has 0 saturated carbocycles. The van der Waals surface area contributed by atoms with Crippen LogP contribution in [0.25, 0.3) is 4.91 Å². The van der Waals surface area contributed by atoms with Gasteiger partial charge in [-0.2, -0.15) is 0 Å². The van der Waals surface area contributed by atoms with Crippen LogP contribution in [0.15, 0.2) is 41.8 Å². The van der Waals surface area contributed by atoms with E-state index >= 15 is 0 Å². The normalized spacial score (nSPS) is 16.1. The van der Waals surface area contributed by atoms with Crippen molar-refractivity contribution >= 4 is 22.4 Å². The van der Waals surface area contributed by atoms with Crippen LogP contribution in [0.3, 0.4) is 0 Å². The zero-order valence-corrected chi connectivity index (χ0v) is 12.1. The lowest BCUT2D eigenvalue weighted by Crippen LogP contribution is -2.17. The Morgan fingerprint density at radius 3 is 2.39 bits per heavy atom. The van der Waals surface area contributed by atoms with Gasteiger partial charge >= 0.3 is 0 Å². The van der Waals surface area contributed by atoms with E-state index in [1.54, 1.807) is 11.8 Å². The zero-order valence-electron chi connectivity index (χ0n) is 11.3. The summed E-state index contributed by atoms with van der Waals surface area (Å²) < 4.78 is 0. The van der Waals surface area contributed by atoms with Crippen LogP contribution >= 0.6 is 11.8 Å². The highest BCUT2D eigenvalue weighted by Crippen LogP contribution is 2.32. The first-order valence-corrected chi connectivity index (χ1v) is 7.37. The van der Waals surface area contributed by atoms with E-state index in [9.17, 15) is 0 Å². The van der Waals surface area contributed by atoms with Crippen molar-refractivity contribution in [1.29, 1.82) is 0 Å². The summed E-state index contributed by atoms with van der Waals surface area (Å²) in [5, 5.41) is 0. The molecule has 1 aromatic carbocycles. The molecule has 96 valence electrons. The van der Waals surface area contributed by atoms with Crippen LogP contribution in [0.4, 0.5) is 5.69 Å². The van der Waals surface area contributed by atoms with Gasteiger partial charge in [0.1, 0.15) is 0 Å². The van der Waals surface area contributed by atoms with E-state index in [1.165, 1.54) is 42.1 Å². The second kappa shape index (κ2) is 6.14. The minimum atomic E-state index is 1.12. The van der Waals surface area contributed by atoms with Gasteiger partial charge in [0.25, 0.3) is 0 Å². The highest BCUT2D eigenvalue weighted by molar-refractivity contribution is 8.11. The molecule has 0 aliphatic carbocycles. The van der Waals surface area contributed by atoms with Gasteiger partial charge in [0.2, 0.25) is 0 Å². The molecular weight excluding hydrogens is 238 g/mol. The minimum Gasteiger partial charge on any atom is -0.372 e. The number of nitrogens with zero attached hydrogens (tertiary/aromatic N) is 1. The van der Waals surface area contributed by atoms with Crippen molar-refractivity contribution in [2.24, 2.45) is 0 Å². The number of allylic oxidation sites excluding steroid dienone is 2. The fourth-order valence-corrected chi connectivity index (χ4v) is 2.91. The summed E-state index contributed by atoms with van der Waals surface area (Å²) in [5.41, 5.74) is 2.57. The van der Waals surface area contributed by atoms with Gasteiger partial charge in [-0.15, -0.1) is 0 Å². The van der Waals surface area contributed by atoms with Crippen molar-refractivity contribution in [3.63, 3.8) is 0 Å². The lowest BCUT2D eigenvalue weighted by atomic mass is 10.2. The van der Waals surface area contributed by atoms with E-state index in [0.29, 0.717) is 0 Å². The Bertz CT molecular complexity index is 439.